The normalized spacial score (nSPS) is 15.5. The van der Waals surface area contributed by atoms with Gasteiger partial charge in [0.15, 0.2) is 5.17 Å². The van der Waals surface area contributed by atoms with Crippen LogP contribution in [0.4, 0.5) is 5.69 Å². The molecule has 0 N–H and O–H groups in total. The van der Waals surface area contributed by atoms with Crippen LogP contribution in [0.5, 0.6) is 5.75 Å². The Morgan fingerprint density at radius 1 is 1.11 bits per heavy atom. The fourth-order valence-electron chi connectivity index (χ4n) is 3.49. The van der Waals surface area contributed by atoms with Crippen molar-refractivity contribution in [3.63, 3.8) is 0 Å². The van der Waals surface area contributed by atoms with Gasteiger partial charge in [-0.2, -0.15) is 5.26 Å². The van der Waals surface area contributed by atoms with Crippen LogP contribution in [0.3, 0.4) is 0 Å². The number of carbonyl (C=O) groups excluding carboxylic acids is 1. The summed E-state index contributed by atoms with van der Waals surface area (Å²) in [6, 6.07) is 25.0. The Kier molecular flexibility index (Phi) is 9.17. The van der Waals surface area contributed by atoms with Crippen molar-refractivity contribution in [2.45, 2.75) is 13.5 Å². The molecule has 0 unspecified atom stereocenters. The third-order valence-electron chi connectivity index (χ3n) is 5.31. The van der Waals surface area contributed by atoms with Crippen molar-refractivity contribution < 1.29 is 14.3 Å². The third kappa shape index (κ3) is 6.55. The highest BCUT2D eigenvalue weighted by molar-refractivity contribution is 14.1. The van der Waals surface area contributed by atoms with E-state index in [4.69, 9.17) is 14.5 Å². The lowest BCUT2D eigenvalue weighted by atomic mass is 10.1. The zero-order valence-corrected chi connectivity index (χ0v) is 22.7. The summed E-state index contributed by atoms with van der Waals surface area (Å²) in [5.74, 6) is 0.637. The molecule has 0 spiro atoms. The molecule has 0 aromatic heterocycles. The van der Waals surface area contributed by atoms with Crippen LogP contribution in [-0.2, 0) is 16.1 Å². The van der Waals surface area contributed by atoms with Gasteiger partial charge in [-0.1, -0.05) is 42.5 Å². The van der Waals surface area contributed by atoms with Gasteiger partial charge in [0.25, 0.3) is 5.91 Å². The van der Waals surface area contributed by atoms with Crippen LogP contribution in [0.15, 0.2) is 82.7 Å². The summed E-state index contributed by atoms with van der Waals surface area (Å²) in [4.78, 5) is 20.2. The number of aliphatic imine (C=N–C) groups is 1. The molecule has 6 nitrogen and oxygen atoms in total. The fraction of sp³-hybridized carbons (Fsp3) is 0.179. The molecule has 3 aromatic carbocycles. The van der Waals surface area contributed by atoms with Gasteiger partial charge in [0.05, 0.1) is 38.9 Å². The lowest BCUT2D eigenvalue weighted by Gasteiger charge is -2.15. The van der Waals surface area contributed by atoms with Crippen LogP contribution in [0, 0.1) is 14.9 Å². The summed E-state index contributed by atoms with van der Waals surface area (Å²) in [5, 5.41) is 9.92. The monoisotopic (exact) mass is 609 g/mol. The number of nitriles is 1. The molecule has 1 heterocycles. The number of hydrogen-bond donors (Lipinski definition) is 0. The van der Waals surface area contributed by atoms with Gasteiger partial charge >= 0.3 is 0 Å². The second kappa shape index (κ2) is 12.7. The summed E-state index contributed by atoms with van der Waals surface area (Å²) < 4.78 is 12.4. The Morgan fingerprint density at radius 2 is 1.89 bits per heavy atom. The molecule has 1 saturated heterocycles. The first-order valence-corrected chi connectivity index (χ1v) is 13.3. The highest BCUT2D eigenvalue weighted by atomic mass is 127. The van der Waals surface area contributed by atoms with Crippen molar-refractivity contribution in [2.75, 3.05) is 19.8 Å². The van der Waals surface area contributed by atoms with Gasteiger partial charge in [-0.15, -0.1) is 0 Å². The summed E-state index contributed by atoms with van der Waals surface area (Å²) in [6.45, 7) is 3.72. The summed E-state index contributed by atoms with van der Waals surface area (Å²) in [7, 11) is 0. The third-order valence-corrected chi connectivity index (χ3v) is 7.16. The van der Waals surface area contributed by atoms with E-state index in [1.54, 1.807) is 11.0 Å². The zero-order chi connectivity index (χ0) is 25.3. The molecular weight excluding hydrogens is 585 g/mol. The molecule has 1 aliphatic rings. The van der Waals surface area contributed by atoms with Crippen molar-refractivity contribution >= 4 is 57.2 Å². The van der Waals surface area contributed by atoms with E-state index in [1.165, 1.54) is 11.8 Å². The molecule has 1 amide bonds. The Bertz CT molecular complexity index is 1340. The van der Waals surface area contributed by atoms with Gasteiger partial charge in [-0.25, -0.2) is 4.99 Å². The lowest BCUT2D eigenvalue weighted by Crippen LogP contribution is -2.32. The standard InChI is InChI=1S/C28H24IN3O3S/c1-2-34-15-14-32-27(33)26(36-28(32)31-23-10-4-3-5-11-23)17-20-12-13-25(24(29)16-20)35-19-22-9-7-6-8-21(22)18-30/h3-13,16-17H,2,14-15,19H2,1H3/b26-17-,31-28?. The van der Waals surface area contributed by atoms with Crippen LogP contribution < -0.4 is 4.74 Å². The number of thioether (sulfide) groups is 1. The van der Waals surface area contributed by atoms with E-state index in [9.17, 15) is 10.1 Å². The summed E-state index contributed by atoms with van der Waals surface area (Å²) in [6.07, 6.45) is 1.88. The van der Waals surface area contributed by atoms with Gasteiger partial charge < -0.3 is 9.47 Å². The average Bonchev–Trinajstić information content (AvgIpc) is 3.18. The molecule has 0 aliphatic carbocycles. The first kappa shape index (κ1) is 25.9. The van der Waals surface area contributed by atoms with Gasteiger partial charge in [0.1, 0.15) is 12.4 Å². The quantitative estimate of drug-likeness (QED) is 0.160. The lowest BCUT2D eigenvalue weighted by molar-refractivity contribution is -0.122. The first-order valence-electron chi connectivity index (χ1n) is 11.4. The Labute approximate surface area is 228 Å². The Morgan fingerprint density at radius 3 is 2.64 bits per heavy atom. The van der Waals surface area contributed by atoms with Gasteiger partial charge in [0, 0.05) is 12.2 Å². The van der Waals surface area contributed by atoms with Crippen molar-refractivity contribution in [1.82, 2.24) is 4.90 Å². The minimum absolute atomic E-state index is 0.0853. The topological polar surface area (TPSA) is 74.9 Å². The number of nitrogens with zero attached hydrogens (tertiary/aromatic N) is 3. The SMILES string of the molecule is CCOCCN1C(=O)/C(=C/c2ccc(OCc3ccccc3C#N)c(I)c2)SC1=Nc1ccccc1. The van der Waals surface area contributed by atoms with Crippen LogP contribution in [0.2, 0.25) is 0 Å². The number of para-hydroxylation sites is 1. The second-order valence-electron chi connectivity index (χ2n) is 7.74. The molecule has 0 saturated carbocycles. The van der Waals surface area contributed by atoms with E-state index in [2.05, 4.69) is 28.7 Å². The minimum Gasteiger partial charge on any atom is -0.488 e. The van der Waals surface area contributed by atoms with Crippen LogP contribution in [-0.4, -0.2) is 35.7 Å². The van der Waals surface area contributed by atoms with E-state index < -0.39 is 0 Å². The Hall–Kier alpha value is -3.13. The fourth-order valence-corrected chi connectivity index (χ4v) is 5.21. The maximum atomic E-state index is 13.2. The number of ether oxygens (including phenoxy) is 2. The molecule has 1 fully saturated rings. The van der Waals surface area contributed by atoms with Crippen LogP contribution >= 0.6 is 34.4 Å². The zero-order valence-electron chi connectivity index (χ0n) is 19.7. The van der Waals surface area contributed by atoms with E-state index in [0.717, 1.165) is 26.1 Å². The molecule has 8 heteroatoms. The molecule has 0 atom stereocenters. The molecule has 36 heavy (non-hydrogen) atoms. The summed E-state index contributed by atoms with van der Waals surface area (Å²) >= 11 is 3.59. The van der Waals surface area contributed by atoms with Crippen molar-refractivity contribution in [1.29, 1.82) is 5.26 Å². The number of rotatable bonds is 9. The first-order chi connectivity index (χ1) is 17.6. The average molecular weight is 609 g/mol. The maximum Gasteiger partial charge on any atom is 0.266 e. The van der Waals surface area contributed by atoms with Gasteiger partial charge in [-0.05, 0) is 83.2 Å². The molecule has 1 aliphatic heterocycles. The summed E-state index contributed by atoms with van der Waals surface area (Å²) in [5.41, 5.74) is 3.13. The minimum atomic E-state index is -0.0853. The largest absolute Gasteiger partial charge is 0.488 e. The predicted molar refractivity (Wildman–Crippen MR) is 152 cm³/mol. The smallest absolute Gasteiger partial charge is 0.266 e. The number of carbonyl (C=O) groups is 1. The second-order valence-corrected chi connectivity index (χ2v) is 9.91. The molecule has 4 rings (SSSR count). The maximum absolute atomic E-state index is 13.2. The van der Waals surface area contributed by atoms with Crippen molar-refractivity contribution in [3.05, 3.63) is 98.0 Å². The Balaban J connectivity index is 1.52. The van der Waals surface area contributed by atoms with Crippen LogP contribution in [0.1, 0.15) is 23.6 Å². The molecule has 182 valence electrons. The van der Waals surface area contributed by atoms with Gasteiger partial charge in [-0.3, -0.25) is 9.69 Å². The molecule has 3 aromatic rings. The molecule has 0 bridgehead atoms. The van der Waals surface area contributed by atoms with E-state index in [1.807, 2.05) is 79.7 Å². The highest BCUT2D eigenvalue weighted by Gasteiger charge is 2.33. The number of amidine groups is 1. The highest BCUT2D eigenvalue weighted by Crippen LogP contribution is 2.35. The van der Waals surface area contributed by atoms with Crippen LogP contribution in [0.25, 0.3) is 6.08 Å². The predicted octanol–water partition coefficient (Wildman–Crippen LogP) is 6.38. The molecular formula is C28H24IN3O3S. The van der Waals surface area contributed by atoms with E-state index in [0.29, 0.717) is 42.0 Å². The van der Waals surface area contributed by atoms with E-state index >= 15 is 0 Å². The number of halogens is 1. The number of amides is 1. The van der Waals surface area contributed by atoms with Crippen molar-refractivity contribution in [3.8, 4) is 11.8 Å². The number of benzene rings is 3. The molecule has 0 radical (unpaired) electrons. The van der Waals surface area contributed by atoms with Crippen molar-refractivity contribution in [2.24, 2.45) is 4.99 Å². The number of hydrogen-bond acceptors (Lipinski definition) is 6. The van der Waals surface area contributed by atoms with E-state index in [-0.39, 0.29) is 5.91 Å². The van der Waals surface area contributed by atoms with Gasteiger partial charge in [0.2, 0.25) is 0 Å².